The van der Waals surface area contributed by atoms with Gasteiger partial charge in [-0.3, -0.25) is 9.59 Å². The molecule has 0 unspecified atom stereocenters. The van der Waals surface area contributed by atoms with Gasteiger partial charge in [0, 0.05) is 19.2 Å². The van der Waals surface area contributed by atoms with Crippen molar-refractivity contribution < 1.29 is 19.1 Å². The summed E-state index contributed by atoms with van der Waals surface area (Å²) in [5, 5.41) is 7.82. The van der Waals surface area contributed by atoms with E-state index in [1.54, 1.807) is 19.2 Å². The maximum atomic E-state index is 12.2. The first-order chi connectivity index (χ1) is 11.8. The molecule has 25 heavy (non-hydrogen) atoms. The fourth-order valence-corrected chi connectivity index (χ4v) is 1.99. The van der Waals surface area contributed by atoms with Gasteiger partial charge >= 0.3 is 6.09 Å². The number of nitrogens with one attached hydrogen (secondary N) is 3. The van der Waals surface area contributed by atoms with Crippen molar-refractivity contribution in [3.8, 4) is 0 Å². The van der Waals surface area contributed by atoms with Crippen LogP contribution in [0.5, 0.6) is 0 Å². The molecular formula is C17H26N4O4. The van der Waals surface area contributed by atoms with Crippen LogP contribution in [0.2, 0.25) is 0 Å². The number of aryl methyl sites for hydroxylation is 1. The molecule has 1 atom stereocenters. The number of aromatic nitrogens is 1. The average molecular weight is 350 g/mol. The Balaban J connectivity index is 2.41. The first kappa shape index (κ1) is 20.4. The predicted octanol–water partition coefficient (Wildman–Crippen LogP) is 1.61. The molecular weight excluding hydrogens is 324 g/mol. The van der Waals surface area contributed by atoms with Gasteiger partial charge in [-0.25, -0.2) is 9.78 Å². The molecule has 0 aliphatic carbocycles. The highest BCUT2D eigenvalue weighted by Crippen LogP contribution is 2.05. The number of pyridine rings is 1. The Labute approximate surface area is 147 Å². The second-order valence-corrected chi connectivity index (χ2v) is 5.90. The quantitative estimate of drug-likeness (QED) is 0.660. The van der Waals surface area contributed by atoms with E-state index in [9.17, 15) is 14.4 Å². The maximum absolute atomic E-state index is 12.2. The summed E-state index contributed by atoms with van der Waals surface area (Å²) in [5.74, 6) is -0.263. The molecule has 0 spiro atoms. The topological polar surface area (TPSA) is 109 Å². The third-order valence-corrected chi connectivity index (χ3v) is 3.33. The molecule has 1 rings (SSSR count). The van der Waals surface area contributed by atoms with Gasteiger partial charge in [0.15, 0.2) is 0 Å². The Morgan fingerprint density at radius 2 is 1.96 bits per heavy atom. The number of anilines is 1. The van der Waals surface area contributed by atoms with Crippen LogP contribution in [-0.2, 0) is 14.3 Å². The highest BCUT2D eigenvalue weighted by Gasteiger charge is 2.24. The normalized spacial score (nSPS) is 11.6. The van der Waals surface area contributed by atoms with Gasteiger partial charge in [0.1, 0.15) is 11.9 Å². The Kier molecular flexibility index (Phi) is 8.38. The third-order valence-electron chi connectivity index (χ3n) is 3.33. The smallest absolute Gasteiger partial charge is 0.407 e. The highest BCUT2D eigenvalue weighted by atomic mass is 16.5. The van der Waals surface area contributed by atoms with E-state index in [4.69, 9.17) is 4.74 Å². The second-order valence-electron chi connectivity index (χ2n) is 5.90. The summed E-state index contributed by atoms with van der Waals surface area (Å²) in [6, 6.07) is 2.84. The Hall–Kier alpha value is -2.64. The summed E-state index contributed by atoms with van der Waals surface area (Å²) >= 11 is 0. The third kappa shape index (κ3) is 7.65. The van der Waals surface area contributed by atoms with Crippen molar-refractivity contribution in [2.75, 3.05) is 18.5 Å². The molecule has 0 aromatic carbocycles. The van der Waals surface area contributed by atoms with Crippen molar-refractivity contribution in [1.82, 2.24) is 15.6 Å². The summed E-state index contributed by atoms with van der Waals surface area (Å²) in [4.78, 5) is 39.6. The van der Waals surface area contributed by atoms with Crippen molar-refractivity contribution in [1.29, 1.82) is 0 Å². The van der Waals surface area contributed by atoms with Crippen molar-refractivity contribution in [3.05, 3.63) is 23.9 Å². The van der Waals surface area contributed by atoms with Crippen LogP contribution in [0.25, 0.3) is 0 Å². The molecule has 3 amide bonds. The number of alkyl carbamates (subject to hydrolysis) is 1. The molecule has 0 saturated heterocycles. The Morgan fingerprint density at radius 3 is 2.52 bits per heavy atom. The zero-order valence-corrected chi connectivity index (χ0v) is 15.1. The van der Waals surface area contributed by atoms with Crippen LogP contribution in [0.1, 0.15) is 32.8 Å². The fraction of sp³-hybridized carbons (Fsp3) is 0.529. The SMILES string of the molecule is CCOC(=O)N[C@@H](C(=O)NCCC(=O)Nc1ccc(C)cn1)C(C)C. The van der Waals surface area contributed by atoms with Gasteiger partial charge in [-0.05, 0) is 31.4 Å². The minimum absolute atomic E-state index is 0.103. The Morgan fingerprint density at radius 1 is 1.24 bits per heavy atom. The molecule has 0 aliphatic heterocycles. The van der Waals surface area contributed by atoms with Gasteiger partial charge in [-0.2, -0.15) is 0 Å². The predicted molar refractivity (Wildman–Crippen MR) is 94.0 cm³/mol. The number of carbonyl (C=O) groups excluding carboxylic acids is 3. The van der Waals surface area contributed by atoms with E-state index in [0.717, 1.165) is 5.56 Å². The summed E-state index contributed by atoms with van der Waals surface area (Å²) in [6.07, 6.45) is 1.12. The van der Waals surface area contributed by atoms with E-state index in [-0.39, 0.29) is 37.3 Å². The molecule has 8 heteroatoms. The van der Waals surface area contributed by atoms with Crippen molar-refractivity contribution in [3.63, 3.8) is 0 Å². The van der Waals surface area contributed by atoms with Crippen LogP contribution in [0.15, 0.2) is 18.3 Å². The molecule has 1 heterocycles. The number of hydrogen-bond donors (Lipinski definition) is 3. The van der Waals surface area contributed by atoms with Gasteiger partial charge < -0.3 is 20.7 Å². The molecule has 0 aliphatic rings. The molecule has 1 aromatic rings. The van der Waals surface area contributed by atoms with Gasteiger partial charge in [0.05, 0.1) is 6.61 Å². The lowest BCUT2D eigenvalue weighted by Crippen LogP contribution is -2.50. The molecule has 0 fully saturated rings. The van der Waals surface area contributed by atoms with E-state index in [1.807, 2.05) is 26.8 Å². The standard InChI is InChI=1S/C17H26N4O4/c1-5-25-17(24)21-15(11(2)3)16(23)18-9-8-14(22)20-13-7-6-12(4)10-19-13/h6-7,10-11,15H,5,8-9H2,1-4H3,(H,18,23)(H,21,24)(H,19,20,22)/t15-/m1/s1. The number of nitrogens with zero attached hydrogens (tertiary/aromatic N) is 1. The van der Waals surface area contributed by atoms with Gasteiger partial charge in [0.2, 0.25) is 11.8 Å². The second kappa shape index (κ2) is 10.3. The molecule has 1 aromatic heterocycles. The zero-order chi connectivity index (χ0) is 18.8. The summed E-state index contributed by atoms with van der Waals surface area (Å²) in [7, 11) is 0. The molecule has 0 bridgehead atoms. The summed E-state index contributed by atoms with van der Waals surface area (Å²) in [6.45, 7) is 7.60. The first-order valence-corrected chi connectivity index (χ1v) is 8.27. The largest absolute Gasteiger partial charge is 0.450 e. The summed E-state index contributed by atoms with van der Waals surface area (Å²) in [5.41, 5.74) is 0.999. The lowest BCUT2D eigenvalue weighted by Gasteiger charge is -2.21. The lowest BCUT2D eigenvalue weighted by atomic mass is 10.0. The van der Waals surface area contributed by atoms with E-state index < -0.39 is 12.1 Å². The number of rotatable bonds is 8. The van der Waals surface area contributed by atoms with Crippen molar-refractivity contribution in [2.24, 2.45) is 5.92 Å². The summed E-state index contributed by atoms with van der Waals surface area (Å²) < 4.78 is 4.79. The molecule has 0 radical (unpaired) electrons. The number of ether oxygens (including phenoxy) is 1. The number of amides is 3. The number of hydrogen-bond acceptors (Lipinski definition) is 5. The van der Waals surface area contributed by atoms with Crippen LogP contribution < -0.4 is 16.0 Å². The van der Waals surface area contributed by atoms with E-state index in [0.29, 0.717) is 5.82 Å². The minimum Gasteiger partial charge on any atom is -0.450 e. The van der Waals surface area contributed by atoms with Crippen molar-refractivity contribution in [2.45, 2.75) is 40.2 Å². The van der Waals surface area contributed by atoms with Gasteiger partial charge in [-0.15, -0.1) is 0 Å². The van der Waals surface area contributed by atoms with E-state index in [1.165, 1.54) is 0 Å². The van der Waals surface area contributed by atoms with Crippen LogP contribution in [0.3, 0.4) is 0 Å². The maximum Gasteiger partial charge on any atom is 0.407 e. The Bertz CT molecular complexity index is 587. The average Bonchev–Trinajstić information content (AvgIpc) is 2.54. The monoisotopic (exact) mass is 350 g/mol. The van der Waals surface area contributed by atoms with Crippen LogP contribution in [0.4, 0.5) is 10.6 Å². The van der Waals surface area contributed by atoms with Crippen LogP contribution >= 0.6 is 0 Å². The van der Waals surface area contributed by atoms with Crippen molar-refractivity contribution >= 4 is 23.7 Å². The van der Waals surface area contributed by atoms with Gasteiger partial charge in [-0.1, -0.05) is 19.9 Å². The van der Waals surface area contributed by atoms with Gasteiger partial charge in [0.25, 0.3) is 0 Å². The highest BCUT2D eigenvalue weighted by molar-refractivity contribution is 5.90. The zero-order valence-electron chi connectivity index (χ0n) is 15.1. The molecule has 138 valence electrons. The molecule has 8 nitrogen and oxygen atoms in total. The lowest BCUT2D eigenvalue weighted by molar-refractivity contribution is -0.124. The molecule has 0 saturated carbocycles. The number of carbonyl (C=O) groups is 3. The molecule has 3 N–H and O–H groups in total. The van der Waals surface area contributed by atoms with Crippen LogP contribution in [-0.4, -0.2) is 42.1 Å². The van der Waals surface area contributed by atoms with Crippen LogP contribution in [0, 0.1) is 12.8 Å². The fourth-order valence-electron chi connectivity index (χ4n) is 1.99. The van der Waals surface area contributed by atoms with E-state index >= 15 is 0 Å². The first-order valence-electron chi connectivity index (χ1n) is 8.27. The van der Waals surface area contributed by atoms with E-state index in [2.05, 4.69) is 20.9 Å². The minimum atomic E-state index is -0.721.